The molecule has 0 aliphatic rings. The molecule has 0 amide bonds. The Morgan fingerprint density at radius 2 is 2.04 bits per heavy atom. The number of pyridine rings is 1. The molecule has 3 heterocycles. The van der Waals surface area contributed by atoms with Crippen molar-refractivity contribution in [2.45, 2.75) is 10.9 Å². The molecule has 0 atom stereocenters. The van der Waals surface area contributed by atoms with Crippen LogP contribution in [0.15, 0.2) is 66.2 Å². The van der Waals surface area contributed by atoms with Crippen molar-refractivity contribution >= 4 is 11.8 Å². The molecule has 0 aliphatic carbocycles. The summed E-state index contributed by atoms with van der Waals surface area (Å²) in [6.45, 7) is 0. The van der Waals surface area contributed by atoms with Crippen molar-refractivity contribution in [3.8, 4) is 17.1 Å². The summed E-state index contributed by atoms with van der Waals surface area (Å²) in [6, 6.07) is 12.1. The lowest BCUT2D eigenvalue weighted by molar-refractivity contribution is 0.625. The van der Waals surface area contributed by atoms with Gasteiger partial charge in [-0.1, -0.05) is 17.8 Å². The van der Waals surface area contributed by atoms with Crippen LogP contribution in [0, 0.1) is 5.82 Å². The number of aromatic nitrogens is 6. The Hall–Kier alpha value is -3.00. The van der Waals surface area contributed by atoms with Gasteiger partial charge in [0.05, 0.1) is 11.4 Å². The Kier molecular flexibility index (Phi) is 4.49. The molecule has 26 heavy (non-hydrogen) atoms. The van der Waals surface area contributed by atoms with E-state index in [1.807, 2.05) is 42.1 Å². The van der Waals surface area contributed by atoms with E-state index in [9.17, 15) is 4.39 Å². The largest absolute Gasteiger partial charge is 0.305 e. The van der Waals surface area contributed by atoms with E-state index in [1.165, 1.54) is 12.1 Å². The average molecular weight is 366 g/mol. The molecular formula is C18H15FN6S. The fourth-order valence-electron chi connectivity index (χ4n) is 2.53. The molecule has 0 saturated heterocycles. The quantitative estimate of drug-likeness (QED) is 0.506. The molecule has 4 aromatic rings. The monoisotopic (exact) mass is 366 g/mol. The zero-order valence-corrected chi connectivity index (χ0v) is 14.8. The van der Waals surface area contributed by atoms with Gasteiger partial charge in [-0.15, -0.1) is 10.2 Å². The van der Waals surface area contributed by atoms with Crippen molar-refractivity contribution in [3.63, 3.8) is 0 Å². The van der Waals surface area contributed by atoms with Crippen LogP contribution in [0.4, 0.5) is 4.39 Å². The summed E-state index contributed by atoms with van der Waals surface area (Å²) in [4.78, 5) is 4.12. The molecular weight excluding hydrogens is 351 g/mol. The van der Waals surface area contributed by atoms with Crippen LogP contribution in [0.25, 0.3) is 17.1 Å². The minimum absolute atomic E-state index is 0.282. The first-order valence-corrected chi connectivity index (χ1v) is 8.92. The first kappa shape index (κ1) is 16.5. The van der Waals surface area contributed by atoms with Crippen LogP contribution in [-0.2, 0) is 12.8 Å². The van der Waals surface area contributed by atoms with Gasteiger partial charge >= 0.3 is 0 Å². The first-order chi connectivity index (χ1) is 12.7. The van der Waals surface area contributed by atoms with Crippen LogP contribution in [0.1, 0.15) is 5.69 Å². The van der Waals surface area contributed by atoms with E-state index in [0.717, 1.165) is 22.2 Å². The van der Waals surface area contributed by atoms with Gasteiger partial charge in [-0.05, 0) is 36.4 Å². The van der Waals surface area contributed by atoms with E-state index in [-0.39, 0.29) is 5.82 Å². The summed E-state index contributed by atoms with van der Waals surface area (Å²) in [7, 11) is 1.93. The van der Waals surface area contributed by atoms with E-state index >= 15 is 0 Å². The summed E-state index contributed by atoms with van der Waals surface area (Å²) >= 11 is 1.55. The lowest BCUT2D eigenvalue weighted by Crippen LogP contribution is -1.97. The van der Waals surface area contributed by atoms with E-state index in [0.29, 0.717) is 11.4 Å². The van der Waals surface area contributed by atoms with Gasteiger partial charge in [-0.25, -0.2) is 9.07 Å². The van der Waals surface area contributed by atoms with Gasteiger partial charge in [0.15, 0.2) is 11.0 Å². The van der Waals surface area contributed by atoms with Crippen LogP contribution in [0.3, 0.4) is 0 Å². The van der Waals surface area contributed by atoms with E-state index < -0.39 is 0 Å². The fourth-order valence-corrected chi connectivity index (χ4v) is 3.34. The van der Waals surface area contributed by atoms with Crippen LogP contribution >= 0.6 is 11.8 Å². The highest BCUT2D eigenvalue weighted by Crippen LogP contribution is 2.24. The van der Waals surface area contributed by atoms with Gasteiger partial charge in [0.25, 0.3) is 0 Å². The number of nitrogens with zero attached hydrogens (tertiary/aromatic N) is 6. The third-order valence-corrected chi connectivity index (χ3v) is 4.87. The molecule has 3 aromatic heterocycles. The summed E-state index contributed by atoms with van der Waals surface area (Å²) in [5.74, 6) is 1.13. The minimum Gasteiger partial charge on any atom is -0.305 e. The number of rotatable bonds is 5. The molecule has 0 saturated carbocycles. The van der Waals surface area contributed by atoms with Crippen molar-refractivity contribution in [1.82, 2.24) is 29.5 Å². The molecule has 0 unspecified atom stereocenters. The highest BCUT2D eigenvalue weighted by atomic mass is 32.2. The Bertz CT molecular complexity index is 1030. The third kappa shape index (κ3) is 3.36. The predicted octanol–water partition coefficient (Wildman–Crippen LogP) is 3.49. The second-order valence-corrected chi connectivity index (χ2v) is 6.57. The zero-order valence-electron chi connectivity index (χ0n) is 14.0. The van der Waals surface area contributed by atoms with Crippen molar-refractivity contribution in [3.05, 3.63) is 72.6 Å². The second kappa shape index (κ2) is 7.09. The van der Waals surface area contributed by atoms with E-state index in [4.69, 9.17) is 0 Å². The Labute approximate surface area is 153 Å². The van der Waals surface area contributed by atoms with Gasteiger partial charge in [0.1, 0.15) is 5.82 Å². The van der Waals surface area contributed by atoms with Crippen LogP contribution in [-0.4, -0.2) is 29.5 Å². The molecule has 0 aliphatic heterocycles. The van der Waals surface area contributed by atoms with Crippen LogP contribution in [0.5, 0.6) is 0 Å². The lowest BCUT2D eigenvalue weighted by Gasteiger charge is -2.03. The molecule has 0 radical (unpaired) electrons. The van der Waals surface area contributed by atoms with E-state index in [2.05, 4.69) is 20.3 Å². The number of hydrogen-bond acceptors (Lipinski definition) is 5. The van der Waals surface area contributed by atoms with Gasteiger partial charge in [-0.2, -0.15) is 5.10 Å². The normalized spacial score (nSPS) is 11.0. The zero-order chi connectivity index (χ0) is 17.9. The molecule has 0 bridgehead atoms. The van der Waals surface area contributed by atoms with Crippen molar-refractivity contribution in [2.75, 3.05) is 0 Å². The van der Waals surface area contributed by atoms with Crippen molar-refractivity contribution in [2.24, 2.45) is 7.05 Å². The molecule has 6 nitrogen and oxygen atoms in total. The number of halogens is 1. The third-order valence-electron chi connectivity index (χ3n) is 3.82. The molecule has 0 spiro atoms. The second-order valence-electron chi connectivity index (χ2n) is 5.63. The first-order valence-electron chi connectivity index (χ1n) is 7.94. The summed E-state index contributed by atoms with van der Waals surface area (Å²) in [5, 5.41) is 13.8. The SMILES string of the molecule is Cn1c(SCc2ccn(-c3cccc(F)c3)n2)nnc1-c1cccnc1. The highest BCUT2D eigenvalue weighted by molar-refractivity contribution is 7.98. The topological polar surface area (TPSA) is 61.4 Å². The average Bonchev–Trinajstić information content (AvgIpc) is 3.28. The molecule has 1 aromatic carbocycles. The Balaban J connectivity index is 1.48. The van der Waals surface area contributed by atoms with Gasteiger partial charge < -0.3 is 4.57 Å². The summed E-state index contributed by atoms with van der Waals surface area (Å²) in [5.41, 5.74) is 2.49. The van der Waals surface area contributed by atoms with Crippen LogP contribution < -0.4 is 0 Å². The molecule has 8 heteroatoms. The number of thioether (sulfide) groups is 1. The molecule has 130 valence electrons. The maximum atomic E-state index is 13.3. The maximum absolute atomic E-state index is 13.3. The van der Waals surface area contributed by atoms with Crippen LogP contribution in [0.2, 0.25) is 0 Å². The standard InChI is InChI=1S/C18H15FN6S/c1-24-17(13-4-3-8-20-11-13)21-22-18(24)26-12-15-7-9-25(23-15)16-6-2-5-14(19)10-16/h2-11H,12H2,1H3. The summed E-state index contributed by atoms with van der Waals surface area (Å²) in [6.07, 6.45) is 5.31. The van der Waals surface area contributed by atoms with Gasteiger partial charge in [0.2, 0.25) is 0 Å². The van der Waals surface area contributed by atoms with Crippen molar-refractivity contribution < 1.29 is 4.39 Å². The van der Waals surface area contributed by atoms with E-state index in [1.54, 1.807) is 34.9 Å². The molecule has 4 rings (SSSR count). The number of benzene rings is 1. The van der Waals surface area contributed by atoms with Gasteiger partial charge in [-0.3, -0.25) is 4.98 Å². The van der Waals surface area contributed by atoms with Gasteiger partial charge in [0, 0.05) is 37.0 Å². The minimum atomic E-state index is -0.282. The lowest BCUT2D eigenvalue weighted by atomic mass is 10.3. The predicted molar refractivity (Wildman–Crippen MR) is 97.3 cm³/mol. The summed E-state index contributed by atoms with van der Waals surface area (Å²) < 4.78 is 16.9. The van der Waals surface area contributed by atoms with Crippen molar-refractivity contribution in [1.29, 1.82) is 0 Å². The Morgan fingerprint density at radius 3 is 2.85 bits per heavy atom. The maximum Gasteiger partial charge on any atom is 0.191 e. The number of hydrogen-bond donors (Lipinski definition) is 0. The Morgan fingerprint density at radius 1 is 1.12 bits per heavy atom. The fraction of sp³-hybridized carbons (Fsp3) is 0.111. The molecule has 0 N–H and O–H groups in total. The smallest absolute Gasteiger partial charge is 0.191 e. The molecule has 0 fully saturated rings. The highest BCUT2D eigenvalue weighted by Gasteiger charge is 2.12.